The van der Waals surface area contributed by atoms with Crippen LogP contribution in [-0.4, -0.2) is 22.5 Å². The highest BCUT2D eigenvalue weighted by atomic mass is 28.3. The first-order chi connectivity index (χ1) is 9.78. The van der Waals surface area contributed by atoms with E-state index < -0.39 is 9.28 Å². The minimum Gasteiger partial charge on any atom is -0.396 e. The fourth-order valence-corrected chi connectivity index (χ4v) is 5.87. The van der Waals surface area contributed by atoms with Crippen LogP contribution >= 0.6 is 0 Å². The summed E-state index contributed by atoms with van der Waals surface area (Å²) in [6, 6.07) is 0. The molecule has 0 amide bonds. The Hall–Kier alpha value is -0.383. The molecule has 110 valence electrons. The molecule has 0 aromatic heterocycles. The zero-order valence-corrected chi connectivity index (χ0v) is 13.6. The molecule has 6 unspecified atom stereocenters. The van der Waals surface area contributed by atoms with Crippen LogP contribution < -0.4 is 0 Å². The standard InChI is InChI=1S/C17H26O2Si/c1-20(18-10-16-8-12-2-4-14(16)6-12)19-11-17-9-13-3-5-15(17)7-13/h2-5,12-17,20H,6-11H2,1H3. The average molecular weight is 290 g/mol. The first-order valence-corrected chi connectivity index (χ1v) is 10.5. The fourth-order valence-electron chi connectivity index (χ4n) is 4.74. The molecular weight excluding hydrogens is 264 g/mol. The molecule has 0 aliphatic heterocycles. The molecule has 2 fully saturated rings. The van der Waals surface area contributed by atoms with Crippen molar-refractivity contribution in [3.8, 4) is 0 Å². The van der Waals surface area contributed by atoms with Crippen LogP contribution in [0.25, 0.3) is 0 Å². The van der Waals surface area contributed by atoms with E-state index in [1.165, 1.54) is 25.7 Å². The van der Waals surface area contributed by atoms with Crippen LogP contribution in [0.4, 0.5) is 0 Å². The number of fused-ring (bicyclic) bond motifs is 4. The lowest BCUT2D eigenvalue weighted by Crippen LogP contribution is -2.27. The van der Waals surface area contributed by atoms with Gasteiger partial charge in [0.1, 0.15) is 0 Å². The van der Waals surface area contributed by atoms with E-state index in [0.29, 0.717) is 0 Å². The van der Waals surface area contributed by atoms with Crippen molar-refractivity contribution < 1.29 is 8.85 Å². The molecular formula is C17H26O2Si. The van der Waals surface area contributed by atoms with Gasteiger partial charge in [-0.05, 0) is 67.7 Å². The SMILES string of the molecule is C[SiH](OCC1CC2C=CC1C2)OCC1CC2C=CC1C2. The van der Waals surface area contributed by atoms with E-state index in [-0.39, 0.29) is 0 Å². The second-order valence-electron chi connectivity index (χ2n) is 7.31. The zero-order valence-electron chi connectivity index (χ0n) is 12.4. The van der Waals surface area contributed by atoms with Gasteiger partial charge in [0.2, 0.25) is 0 Å². The van der Waals surface area contributed by atoms with E-state index in [1.54, 1.807) is 0 Å². The zero-order chi connectivity index (χ0) is 13.5. The van der Waals surface area contributed by atoms with Crippen LogP contribution in [0.5, 0.6) is 0 Å². The molecule has 0 saturated heterocycles. The van der Waals surface area contributed by atoms with Gasteiger partial charge in [0.15, 0.2) is 0 Å². The second kappa shape index (κ2) is 5.43. The Kier molecular flexibility index (Phi) is 3.61. The van der Waals surface area contributed by atoms with Gasteiger partial charge in [0, 0.05) is 13.2 Å². The lowest BCUT2D eigenvalue weighted by atomic mass is 9.95. The van der Waals surface area contributed by atoms with Crippen molar-refractivity contribution in [2.24, 2.45) is 35.5 Å². The van der Waals surface area contributed by atoms with E-state index in [0.717, 1.165) is 48.7 Å². The first-order valence-electron chi connectivity index (χ1n) is 8.38. The normalized spacial score (nSPS) is 45.6. The quantitative estimate of drug-likeness (QED) is 0.552. The first kappa shape index (κ1) is 13.3. The Morgan fingerprint density at radius 1 is 0.800 bits per heavy atom. The summed E-state index contributed by atoms with van der Waals surface area (Å²) in [7, 11) is -1.41. The third kappa shape index (κ3) is 2.56. The van der Waals surface area contributed by atoms with E-state index in [1.807, 2.05) is 0 Å². The van der Waals surface area contributed by atoms with Crippen LogP contribution in [0.3, 0.4) is 0 Å². The number of allylic oxidation sites excluding steroid dienone is 4. The monoisotopic (exact) mass is 290 g/mol. The summed E-state index contributed by atoms with van der Waals surface area (Å²) in [5, 5.41) is 0. The van der Waals surface area contributed by atoms with Gasteiger partial charge in [-0.2, -0.15) is 0 Å². The minimum atomic E-state index is -1.41. The van der Waals surface area contributed by atoms with Gasteiger partial charge in [0.25, 0.3) is 0 Å². The topological polar surface area (TPSA) is 18.5 Å². The maximum atomic E-state index is 6.08. The molecule has 4 aliphatic carbocycles. The van der Waals surface area contributed by atoms with Crippen molar-refractivity contribution >= 4 is 9.28 Å². The molecule has 2 saturated carbocycles. The van der Waals surface area contributed by atoms with Gasteiger partial charge in [-0.15, -0.1) is 0 Å². The Balaban J connectivity index is 1.17. The third-order valence-electron chi connectivity index (χ3n) is 5.92. The summed E-state index contributed by atoms with van der Waals surface area (Å²) in [6.45, 7) is 4.08. The Bertz CT molecular complexity index is 381. The molecule has 0 N–H and O–H groups in total. The maximum Gasteiger partial charge on any atom is 0.318 e. The fraction of sp³-hybridized carbons (Fsp3) is 0.765. The van der Waals surface area contributed by atoms with Crippen molar-refractivity contribution in [1.82, 2.24) is 0 Å². The smallest absolute Gasteiger partial charge is 0.318 e. The van der Waals surface area contributed by atoms with Gasteiger partial charge in [-0.1, -0.05) is 24.3 Å². The van der Waals surface area contributed by atoms with Crippen molar-refractivity contribution in [2.45, 2.75) is 32.2 Å². The Morgan fingerprint density at radius 3 is 1.65 bits per heavy atom. The summed E-state index contributed by atoms with van der Waals surface area (Å²) in [6.07, 6.45) is 15.1. The van der Waals surface area contributed by atoms with E-state index in [4.69, 9.17) is 8.85 Å². The molecule has 20 heavy (non-hydrogen) atoms. The summed E-state index contributed by atoms with van der Waals surface area (Å²) in [5.74, 6) is 4.86. The van der Waals surface area contributed by atoms with Crippen LogP contribution in [0.1, 0.15) is 25.7 Å². The predicted octanol–water partition coefficient (Wildman–Crippen LogP) is 3.29. The van der Waals surface area contributed by atoms with Crippen LogP contribution in [0.15, 0.2) is 24.3 Å². The van der Waals surface area contributed by atoms with Crippen molar-refractivity contribution in [2.75, 3.05) is 13.2 Å². The van der Waals surface area contributed by atoms with Crippen molar-refractivity contribution in [3.05, 3.63) is 24.3 Å². The van der Waals surface area contributed by atoms with Gasteiger partial charge in [-0.25, -0.2) is 0 Å². The number of hydrogen-bond acceptors (Lipinski definition) is 2. The summed E-state index contributed by atoms with van der Waals surface area (Å²) in [4.78, 5) is 0. The van der Waals surface area contributed by atoms with Crippen molar-refractivity contribution in [1.29, 1.82) is 0 Å². The molecule has 4 aliphatic rings. The molecule has 0 spiro atoms. The average Bonchev–Trinajstić information content (AvgIpc) is 3.21. The van der Waals surface area contributed by atoms with Gasteiger partial charge in [0.05, 0.1) is 0 Å². The number of rotatable bonds is 6. The summed E-state index contributed by atoms with van der Waals surface area (Å²) < 4.78 is 12.2. The molecule has 3 heteroatoms. The molecule has 0 aromatic carbocycles. The van der Waals surface area contributed by atoms with Crippen LogP contribution in [0, 0.1) is 35.5 Å². The lowest BCUT2D eigenvalue weighted by Gasteiger charge is -2.23. The Morgan fingerprint density at radius 2 is 1.30 bits per heavy atom. The Labute approximate surface area is 124 Å². The van der Waals surface area contributed by atoms with E-state index in [2.05, 4.69) is 30.9 Å². The van der Waals surface area contributed by atoms with E-state index in [9.17, 15) is 0 Å². The molecule has 4 bridgehead atoms. The van der Waals surface area contributed by atoms with Crippen LogP contribution in [-0.2, 0) is 8.85 Å². The minimum absolute atomic E-state index is 0.772. The molecule has 0 radical (unpaired) electrons. The highest BCUT2D eigenvalue weighted by molar-refractivity contribution is 6.42. The summed E-state index contributed by atoms with van der Waals surface area (Å²) >= 11 is 0. The van der Waals surface area contributed by atoms with Crippen molar-refractivity contribution in [3.63, 3.8) is 0 Å². The lowest BCUT2D eigenvalue weighted by molar-refractivity contribution is 0.140. The molecule has 2 nitrogen and oxygen atoms in total. The van der Waals surface area contributed by atoms with Gasteiger partial charge >= 0.3 is 9.28 Å². The highest BCUT2D eigenvalue weighted by Crippen LogP contribution is 2.44. The second-order valence-corrected chi connectivity index (χ2v) is 9.12. The van der Waals surface area contributed by atoms with E-state index >= 15 is 0 Å². The van der Waals surface area contributed by atoms with Crippen LogP contribution in [0.2, 0.25) is 6.55 Å². The molecule has 0 aromatic rings. The predicted molar refractivity (Wildman–Crippen MR) is 82.6 cm³/mol. The molecule has 4 rings (SSSR count). The maximum absolute atomic E-state index is 6.08. The highest BCUT2D eigenvalue weighted by Gasteiger charge is 2.37. The third-order valence-corrected chi connectivity index (χ3v) is 7.25. The largest absolute Gasteiger partial charge is 0.396 e. The summed E-state index contributed by atoms with van der Waals surface area (Å²) in [5.41, 5.74) is 0. The van der Waals surface area contributed by atoms with Gasteiger partial charge < -0.3 is 8.85 Å². The van der Waals surface area contributed by atoms with Gasteiger partial charge in [-0.3, -0.25) is 0 Å². The molecule has 6 atom stereocenters. The number of hydrogen-bond donors (Lipinski definition) is 0. The molecule has 0 heterocycles.